The summed E-state index contributed by atoms with van der Waals surface area (Å²) in [7, 11) is 0. The minimum absolute atomic E-state index is 0.136. The van der Waals surface area contributed by atoms with E-state index in [1.807, 2.05) is 25.1 Å². The quantitative estimate of drug-likeness (QED) is 0.239. The molecule has 1 aromatic heterocycles. The number of nitro benzene ring substituents is 1. The van der Waals surface area contributed by atoms with E-state index in [1.54, 1.807) is 35.2 Å². The lowest BCUT2D eigenvalue weighted by atomic mass is 10.1. The van der Waals surface area contributed by atoms with E-state index in [2.05, 4.69) is 33.4 Å². The van der Waals surface area contributed by atoms with Crippen molar-refractivity contribution in [2.75, 3.05) is 11.9 Å². The van der Waals surface area contributed by atoms with Gasteiger partial charge >= 0.3 is 0 Å². The lowest BCUT2D eigenvalue weighted by Gasteiger charge is -2.16. The van der Waals surface area contributed by atoms with E-state index in [4.69, 9.17) is 4.84 Å². The van der Waals surface area contributed by atoms with Gasteiger partial charge in [0.25, 0.3) is 11.6 Å². The Morgan fingerprint density at radius 1 is 1.23 bits per heavy atom. The topological polar surface area (TPSA) is 98.4 Å². The van der Waals surface area contributed by atoms with E-state index in [1.165, 1.54) is 6.07 Å². The second kappa shape index (κ2) is 9.06. The number of rotatable bonds is 8. The number of carbonyl (C=O) groups is 1. The van der Waals surface area contributed by atoms with Gasteiger partial charge in [0.05, 0.1) is 22.8 Å². The van der Waals surface area contributed by atoms with Crippen molar-refractivity contribution in [3.05, 3.63) is 79.7 Å². The van der Waals surface area contributed by atoms with Crippen LogP contribution in [0.1, 0.15) is 28.8 Å². The third-order valence-electron chi connectivity index (χ3n) is 5.08. The Balaban J connectivity index is 1.75. The van der Waals surface area contributed by atoms with Crippen molar-refractivity contribution in [2.24, 2.45) is 5.92 Å². The molecule has 31 heavy (non-hydrogen) atoms. The van der Waals surface area contributed by atoms with Crippen LogP contribution >= 0.6 is 22.6 Å². The van der Waals surface area contributed by atoms with Gasteiger partial charge in [-0.3, -0.25) is 19.7 Å². The molecule has 2 aromatic carbocycles. The molecule has 4 rings (SSSR count). The Morgan fingerprint density at radius 3 is 2.61 bits per heavy atom. The Hall–Kier alpha value is -2.92. The van der Waals surface area contributed by atoms with Crippen LogP contribution < -0.4 is 10.8 Å². The van der Waals surface area contributed by atoms with Crippen LogP contribution in [0.3, 0.4) is 0 Å². The summed E-state index contributed by atoms with van der Waals surface area (Å²) in [6, 6.07) is 12.4. The normalized spacial score (nSPS) is 13.1. The van der Waals surface area contributed by atoms with E-state index in [0.29, 0.717) is 23.9 Å². The number of carbonyl (C=O) groups excluding carboxylic acids is 1. The summed E-state index contributed by atoms with van der Waals surface area (Å²) in [5, 5.41) is 15.0. The summed E-state index contributed by atoms with van der Waals surface area (Å²) in [6.45, 7) is 2.40. The molecule has 160 valence electrons. The first-order valence-electron chi connectivity index (χ1n) is 9.83. The van der Waals surface area contributed by atoms with Gasteiger partial charge in [-0.2, -0.15) is 0 Å². The Kier molecular flexibility index (Phi) is 6.23. The van der Waals surface area contributed by atoms with Crippen molar-refractivity contribution in [1.29, 1.82) is 0 Å². The van der Waals surface area contributed by atoms with Crippen LogP contribution in [0.2, 0.25) is 0 Å². The van der Waals surface area contributed by atoms with E-state index in [0.717, 1.165) is 27.7 Å². The number of hydrogen-bond acceptors (Lipinski definition) is 5. The molecule has 1 aliphatic rings. The van der Waals surface area contributed by atoms with Crippen LogP contribution in [0.15, 0.2) is 54.9 Å². The molecule has 0 spiro atoms. The summed E-state index contributed by atoms with van der Waals surface area (Å²) >= 11 is 2.23. The predicted molar refractivity (Wildman–Crippen MR) is 126 cm³/mol. The average molecular weight is 532 g/mol. The molecule has 9 heteroatoms. The molecule has 1 heterocycles. The van der Waals surface area contributed by atoms with Crippen molar-refractivity contribution >= 4 is 45.6 Å². The second-order valence-electron chi connectivity index (χ2n) is 7.50. The van der Waals surface area contributed by atoms with E-state index < -0.39 is 10.8 Å². The van der Waals surface area contributed by atoms with E-state index >= 15 is 0 Å². The van der Waals surface area contributed by atoms with Crippen molar-refractivity contribution in [3.8, 4) is 5.69 Å². The van der Waals surface area contributed by atoms with Gasteiger partial charge in [0.2, 0.25) is 0 Å². The molecule has 0 unspecified atom stereocenters. The largest absolute Gasteiger partial charge is 0.355 e. The molecular formula is C22H21IN4O4. The van der Waals surface area contributed by atoms with Crippen molar-refractivity contribution < 1.29 is 14.6 Å². The molecule has 1 saturated carbocycles. The highest BCUT2D eigenvalue weighted by atomic mass is 127. The summed E-state index contributed by atoms with van der Waals surface area (Å²) in [4.78, 5) is 29.5. The van der Waals surface area contributed by atoms with Crippen LogP contribution in [-0.4, -0.2) is 22.0 Å². The minimum atomic E-state index is -0.534. The van der Waals surface area contributed by atoms with E-state index in [-0.39, 0.29) is 11.3 Å². The highest BCUT2D eigenvalue weighted by Crippen LogP contribution is 2.33. The number of aromatic nitrogens is 1. The summed E-state index contributed by atoms with van der Waals surface area (Å²) in [5.74, 6) is -0.0636. The lowest BCUT2D eigenvalue weighted by molar-refractivity contribution is -0.384. The van der Waals surface area contributed by atoms with Crippen molar-refractivity contribution in [2.45, 2.75) is 19.8 Å². The summed E-state index contributed by atoms with van der Waals surface area (Å²) in [6.07, 6.45) is 5.62. The van der Waals surface area contributed by atoms with Gasteiger partial charge in [0.15, 0.2) is 0 Å². The van der Waals surface area contributed by atoms with Gasteiger partial charge < -0.3 is 9.88 Å². The Morgan fingerprint density at radius 2 is 1.97 bits per heavy atom. The Bertz CT molecular complexity index is 1130. The van der Waals surface area contributed by atoms with Gasteiger partial charge in [-0.15, -0.1) is 0 Å². The summed E-state index contributed by atoms with van der Waals surface area (Å²) in [5.41, 5.74) is 5.00. The van der Waals surface area contributed by atoms with Crippen LogP contribution in [0.4, 0.5) is 17.1 Å². The zero-order valence-corrected chi connectivity index (χ0v) is 19.0. The lowest BCUT2D eigenvalue weighted by Crippen LogP contribution is -2.25. The molecule has 0 saturated heterocycles. The van der Waals surface area contributed by atoms with Gasteiger partial charge in [-0.25, -0.2) is 5.48 Å². The number of hydrogen-bond donors (Lipinski definition) is 2. The first-order chi connectivity index (χ1) is 14.9. The molecule has 3 aromatic rings. The number of halogens is 1. The van der Waals surface area contributed by atoms with Gasteiger partial charge in [0.1, 0.15) is 5.69 Å². The number of nitrogens with zero attached hydrogens (tertiary/aromatic N) is 2. The fourth-order valence-electron chi connectivity index (χ4n) is 3.19. The highest BCUT2D eigenvalue weighted by molar-refractivity contribution is 14.1. The smallest absolute Gasteiger partial charge is 0.294 e. The molecule has 1 aliphatic carbocycles. The number of aryl methyl sites for hydroxylation is 1. The van der Waals surface area contributed by atoms with Gasteiger partial charge in [0, 0.05) is 27.7 Å². The summed E-state index contributed by atoms with van der Waals surface area (Å²) < 4.78 is 2.74. The van der Waals surface area contributed by atoms with Crippen LogP contribution in [0, 0.1) is 26.5 Å². The first kappa shape index (κ1) is 21.3. The maximum atomic E-state index is 12.9. The zero-order valence-electron chi connectivity index (χ0n) is 16.8. The molecule has 0 atom stereocenters. The fourth-order valence-corrected chi connectivity index (χ4v) is 3.84. The predicted octanol–water partition coefficient (Wildman–Crippen LogP) is 5.11. The minimum Gasteiger partial charge on any atom is -0.355 e. The number of amides is 1. The third kappa shape index (κ3) is 5.05. The van der Waals surface area contributed by atoms with Crippen LogP contribution in [0.25, 0.3) is 5.69 Å². The maximum Gasteiger partial charge on any atom is 0.294 e. The number of nitro groups is 1. The molecule has 0 radical (unpaired) electrons. The fraction of sp³-hybridized carbons (Fsp3) is 0.227. The van der Waals surface area contributed by atoms with Gasteiger partial charge in [-0.05, 0) is 90.2 Å². The number of anilines is 2. The molecule has 2 N–H and O–H groups in total. The van der Waals surface area contributed by atoms with E-state index in [9.17, 15) is 14.9 Å². The number of benzene rings is 2. The molecule has 8 nitrogen and oxygen atoms in total. The standard InChI is InChI=1S/C22H21IN4O4/c1-14-10-16(23)6-7-18(14)24-19-12-20(26-8-2-3-9-26)21(27(29)30)11-17(19)22(28)25-31-13-15-4-5-15/h2-3,6-12,15,24H,4-5,13H2,1H3,(H,25,28). The number of nitrogens with one attached hydrogen (secondary N) is 2. The average Bonchev–Trinajstić information content (AvgIpc) is 3.39. The Labute approximate surface area is 192 Å². The molecule has 1 amide bonds. The van der Waals surface area contributed by atoms with Crippen molar-refractivity contribution in [1.82, 2.24) is 10.0 Å². The zero-order chi connectivity index (χ0) is 22.0. The molecular weight excluding hydrogens is 511 g/mol. The molecule has 0 bridgehead atoms. The third-order valence-corrected chi connectivity index (χ3v) is 5.75. The monoisotopic (exact) mass is 532 g/mol. The highest BCUT2D eigenvalue weighted by Gasteiger charge is 2.25. The molecule has 0 aliphatic heterocycles. The van der Waals surface area contributed by atoms with Crippen molar-refractivity contribution in [3.63, 3.8) is 0 Å². The molecule has 1 fully saturated rings. The van der Waals surface area contributed by atoms with Crippen LogP contribution in [-0.2, 0) is 4.84 Å². The van der Waals surface area contributed by atoms with Crippen LogP contribution in [0.5, 0.6) is 0 Å². The second-order valence-corrected chi connectivity index (χ2v) is 8.75. The number of hydroxylamine groups is 1. The maximum absolute atomic E-state index is 12.9. The first-order valence-corrected chi connectivity index (χ1v) is 10.9. The van der Waals surface area contributed by atoms with Gasteiger partial charge in [-0.1, -0.05) is 0 Å². The SMILES string of the molecule is Cc1cc(I)ccc1Nc1cc(-n2cccc2)c([N+](=O)[O-])cc1C(=O)NOCC1CC1.